The van der Waals surface area contributed by atoms with Gasteiger partial charge in [0.2, 0.25) is 0 Å². The minimum absolute atomic E-state index is 0.106. The maximum Gasteiger partial charge on any atom is 0.256 e. The van der Waals surface area contributed by atoms with E-state index in [1.54, 1.807) is 6.07 Å². The van der Waals surface area contributed by atoms with Gasteiger partial charge < -0.3 is 14.6 Å². The Morgan fingerprint density at radius 3 is 2.80 bits per heavy atom. The van der Waals surface area contributed by atoms with Gasteiger partial charge in [-0.1, -0.05) is 0 Å². The summed E-state index contributed by atoms with van der Waals surface area (Å²) in [5, 5.41) is 2.88. The van der Waals surface area contributed by atoms with Crippen LogP contribution in [0.4, 0.5) is 0 Å². The fourth-order valence-electron chi connectivity index (χ4n) is 1.35. The van der Waals surface area contributed by atoms with Crippen LogP contribution in [0.1, 0.15) is 17.3 Å². The molecular formula is C10H15BrN2O2. The molecule has 1 aromatic rings. The second kappa shape index (κ2) is 5.32. The molecular weight excluding hydrogens is 260 g/mol. The summed E-state index contributed by atoms with van der Waals surface area (Å²) in [5.74, 6) is -0.120. The number of hydrogen-bond donors (Lipinski definition) is 1. The molecule has 0 aromatic carbocycles. The summed E-state index contributed by atoms with van der Waals surface area (Å²) >= 11 is 3.17. The van der Waals surface area contributed by atoms with Gasteiger partial charge in [-0.25, -0.2) is 0 Å². The minimum Gasteiger partial charge on any atom is -0.457 e. The van der Waals surface area contributed by atoms with E-state index in [0.717, 1.165) is 6.54 Å². The van der Waals surface area contributed by atoms with E-state index < -0.39 is 0 Å². The number of nitrogens with one attached hydrogen (secondary N) is 1. The average molecular weight is 275 g/mol. The van der Waals surface area contributed by atoms with E-state index in [-0.39, 0.29) is 11.9 Å². The smallest absolute Gasteiger partial charge is 0.256 e. The van der Waals surface area contributed by atoms with Crippen LogP contribution < -0.4 is 5.32 Å². The molecule has 1 rings (SSSR count). The first-order valence-corrected chi connectivity index (χ1v) is 5.48. The predicted molar refractivity (Wildman–Crippen MR) is 61.9 cm³/mol. The highest BCUT2D eigenvalue weighted by Gasteiger charge is 2.14. The molecule has 0 saturated carbocycles. The topological polar surface area (TPSA) is 45.5 Å². The van der Waals surface area contributed by atoms with E-state index in [2.05, 4.69) is 21.2 Å². The average Bonchev–Trinajstić information content (AvgIpc) is 2.49. The van der Waals surface area contributed by atoms with Gasteiger partial charge in [0.05, 0.1) is 11.8 Å². The number of carbonyl (C=O) groups excluding carboxylic acids is 1. The molecule has 84 valence electrons. The first-order valence-electron chi connectivity index (χ1n) is 4.69. The third-order valence-electron chi connectivity index (χ3n) is 1.88. The van der Waals surface area contributed by atoms with Crippen LogP contribution in [0.15, 0.2) is 21.4 Å². The summed E-state index contributed by atoms with van der Waals surface area (Å²) in [5.41, 5.74) is 0.528. The molecule has 0 bridgehead atoms. The van der Waals surface area contributed by atoms with E-state index >= 15 is 0 Å². The van der Waals surface area contributed by atoms with Crippen molar-refractivity contribution in [1.29, 1.82) is 0 Å². The Hall–Kier alpha value is -0.810. The van der Waals surface area contributed by atoms with Crippen molar-refractivity contribution < 1.29 is 9.21 Å². The third kappa shape index (κ3) is 3.68. The van der Waals surface area contributed by atoms with Gasteiger partial charge in [-0.05, 0) is 43.0 Å². The van der Waals surface area contributed by atoms with Crippen LogP contribution in [0, 0.1) is 0 Å². The summed E-state index contributed by atoms with van der Waals surface area (Å²) in [6.07, 6.45) is 1.48. The Morgan fingerprint density at radius 1 is 1.67 bits per heavy atom. The second-order valence-corrected chi connectivity index (χ2v) is 4.46. The highest BCUT2D eigenvalue weighted by atomic mass is 79.9. The number of rotatable bonds is 4. The molecule has 0 aliphatic heterocycles. The molecule has 1 amide bonds. The molecule has 1 aromatic heterocycles. The van der Waals surface area contributed by atoms with E-state index in [0.29, 0.717) is 10.2 Å². The van der Waals surface area contributed by atoms with Gasteiger partial charge in [0, 0.05) is 12.6 Å². The van der Waals surface area contributed by atoms with Crippen LogP contribution in [0.25, 0.3) is 0 Å². The monoisotopic (exact) mass is 274 g/mol. The van der Waals surface area contributed by atoms with E-state index in [1.807, 2.05) is 25.9 Å². The van der Waals surface area contributed by atoms with Gasteiger partial charge in [0.15, 0.2) is 4.67 Å². The zero-order valence-corrected chi connectivity index (χ0v) is 10.7. The largest absolute Gasteiger partial charge is 0.457 e. The van der Waals surface area contributed by atoms with Crippen molar-refractivity contribution in [3.63, 3.8) is 0 Å². The molecule has 0 fully saturated rings. The number of carbonyl (C=O) groups is 1. The second-order valence-electron chi connectivity index (χ2n) is 3.74. The molecule has 0 saturated heterocycles. The highest BCUT2D eigenvalue weighted by Crippen LogP contribution is 2.17. The molecule has 0 spiro atoms. The first-order chi connectivity index (χ1) is 7.00. The molecule has 1 heterocycles. The van der Waals surface area contributed by atoms with Crippen LogP contribution in [-0.4, -0.2) is 37.5 Å². The van der Waals surface area contributed by atoms with Crippen molar-refractivity contribution in [1.82, 2.24) is 10.2 Å². The quantitative estimate of drug-likeness (QED) is 0.910. The highest BCUT2D eigenvalue weighted by molar-refractivity contribution is 9.10. The lowest BCUT2D eigenvalue weighted by Crippen LogP contribution is -2.39. The number of amides is 1. The van der Waals surface area contributed by atoms with Crippen molar-refractivity contribution >= 4 is 21.8 Å². The van der Waals surface area contributed by atoms with E-state index in [4.69, 9.17) is 4.42 Å². The lowest BCUT2D eigenvalue weighted by atomic mass is 10.2. The summed E-state index contributed by atoms with van der Waals surface area (Å²) < 4.78 is 5.46. The van der Waals surface area contributed by atoms with Gasteiger partial charge in [-0.3, -0.25) is 4.79 Å². The Kier molecular flexibility index (Phi) is 4.35. The SMILES string of the molecule is CC(CN(C)C)NC(=O)c1ccoc1Br. The molecule has 5 heteroatoms. The van der Waals surface area contributed by atoms with Gasteiger partial charge in [-0.2, -0.15) is 0 Å². The number of halogens is 1. The van der Waals surface area contributed by atoms with Gasteiger partial charge in [0.25, 0.3) is 5.91 Å². The standard InChI is InChI=1S/C10H15BrN2O2/c1-7(6-13(2)3)12-10(14)8-4-5-15-9(8)11/h4-5,7H,6H2,1-3H3,(H,12,14). The van der Waals surface area contributed by atoms with Crippen molar-refractivity contribution in [3.8, 4) is 0 Å². The Morgan fingerprint density at radius 2 is 2.33 bits per heavy atom. The van der Waals surface area contributed by atoms with Crippen LogP contribution in [-0.2, 0) is 0 Å². The van der Waals surface area contributed by atoms with Gasteiger partial charge >= 0.3 is 0 Å². The fraction of sp³-hybridized carbons (Fsp3) is 0.500. The summed E-state index contributed by atoms with van der Waals surface area (Å²) in [7, 11) is 3.94. The fourth-order valence-corrected chi connectivity index (χ4v) is 1.77. The Bertz CT molecular complexity index is 336. The lowest BCUT2D eigenvalue weighted by molar-refractivity contribution is 0.0932. The van der Waals surface area contributed by atoms with Crippen molar-refractivity contribution in [3.05, 3.63) is 22.6 Å². The van der Waals surface area contributed by atoms with Crippen molar-refractivity contribution in [2.24, 2.45) is 0 Å². The van der Waals surface area contributed by atoms with Gasteiger partial charge in [0.1, 0.15) is 0 Å². The maximum atomic E-state index is 11.7. The van der Waals surface area contributed by atoms with Crippen molar-refractivity contribution in [2.75, 3.05) is 20.6 Å². The third-order valence-corrected chi connectivity index (χ3v) is 2.49. The molecule has 1 atom stereocenters. The van der Waals surface area contributed by atoms with E-state index in [9.17, 15) is 4.79 Å². The summed E-state index contributed by atoms with van der Waals surface area (Å²) in [6, 6.07) is 1.75. The molecule has 0 radical (unpaired) electrons. The number of furan rings is 1. The Labute approximate surface area is 97.8 Å². The molecule has 15 heavy (non-hydrogen) atoms. The van der Waals surface area contributed by atoms with E-state index in [1.165, 1.54) is 6.26 Å². The van der Waals surface area contributed by atoms with Crippen LogP contribution in [0.5, 0.6) is 0 Å². The molecule has 1 N–H and O–H groups in total. The maximum absolute atomic E-state index is 11.7. The van der Waals surface area contributed by atoms with Crippen LogP contribution >= 0.6 is 15.9 Å². The molecule has 0 aliphatic rings. The van der Waals surface area contributed by atoms with Gasteiger partial charge in [-0.15, -0.1) is 0 Å². The molecule has 0 aliphatic carbocycles. The molecule has 4 nitrogen and oxygen atoms in total. The van der Waals surface area contributed by atoms with Crippen molar-refractivity contribution in [2.45, 2.75) is 13.0 Å². The van der Waals surface area contributed by atoms with Crippen LogP contribution in [0.2, 0.25) is 0 Å². The normalized spacial score (nSPS) is 12.9. The van der Waals surface area contributed by atoms with Crippen LogP contribution in [0.3, 0.4) is 0 Å². The minimum atomic E-state index is -0.120. The number of hydrogen-bond acceptors (Lipinski definition) is 3. The number of likely N-dealkylation sites (N-methyl/N-ethyl adjacent to an activating group) is 1. The zero-order valence-electron chi connectivity index (χ0n) is 9.08. The molecule has 1 unspecified atom stereocenters. The number of nitrogens with zero attached hydrogens (tertiary/aromatic N) is 1. The zero-order chi connectivity index (χ0) is 11.4. The first kappa shape index (κ1) is 12.3. The Balaban J connectivity index is 2.53. The summed E-state index contributed by atoms with van der Waals surface area (Å²) in [6.45, 7) is 2.77. The lowest BCUT2D eigenvalue weighted by Gasteiger charge is -2.17. The summed E-state index contributed by atoms with van der Waals surface area (Å²) in [4.78, 5) is 13.7. The predicted octanol–water partition coefficient (Wildman–Crippen LogP) is 1.72.